The van der Waals surface area contributed by atoms with Gasteiger partial charge in [0.25, 0.3) is 0 Å². The summed E-state index contributed by atoms with van der Waals surface area (Å²) in [5.41, 5.74) is 0.621. The van der Waals surface area contributed by atoms with E-state index < -0.39 is 0 Å². The summed E-state index contributed by atoms with van der Waals surface area (Å²) in [6.07, 6.45) is 4.65. The molecular formula is C10H9Br2F. The Morgan fingerprint density at radius 1 is 1.38 bits per heavy atom. The Balaban J connectivity index is 2.81. The molecule has 0 saturated carbocycles. The van der Waals surface area contributed by atoms with Crippen LogP contribution in [0.25, 0.3) is 6.08 Å². The number of allylic oxidation sites excluding steroid dienone is 1. The van der Waals surface area contributed by atoms with Crippen molar-refractivity contribution < 1.29 is 4.39 Å². The molecule has 0 amide bonds. The molecule has 0 aromatic heterocycles. The number of hydrogen-bond acceptors (Lipinski definition) is 0. The molecule has 0 atom stereocenters. The normalized spacial score (nSPS) is 11.0. The summed E-state index contributed by atoms with van der Waals surface area (Å²) < 4.78 is 14.0. The van der Waals surface area contributed by atoms with Gasteiger partial charge < -0.3 is 0 Å². The smallest absolute Gasteiger partial charge is 0.130 e. The first kappa shape index (κ1) is 10.9. The Morgan fingerprint density at radius 3 is 2.85 bits per heavy atom. The summed E-state index contributed by atoms with van der Waals surface area (Å²) in [6, 6.07) is 4.91. The van der Waals surface area contributed by atoms with E-state index in [1.807, 2.05) is 6.08 Å². The van der Waals surface area contributed by atoms with Crippen LogP contribution in [-0.2, 0) is 0 Å². The van der Waals surface area contributed by atoms with Gasteiger partial charge in [-0.25, -0.2) is 4.39 Å². The number of halogens is 3. The van der Waals surface area contributed by atoms with Gasteiger partial charge in [0.05, 0.1) is 0 Å². The molecule has 1 aromatic carbocycles. The maximum atomic E-state index is 13.1. The second-order valence-corrected chi connectivity index (χ2v) is 4.25. The molecule has 0 radical (unpaired) electrons. The molecule has 1 aromatic rings. The van der Waals surface area contributed by atoms with Crippen LogP contribution in [0, 0.1) is 5.82 Å². The fourth-order valence-corrected chi connectivity index (χ4v) is 1.56. The van der Waals surface area contributed by atoms with E-state index in [2.05, 4.69) is 31.9 Å². The SMILES string of the molecule is Fc1ccc(Br)cc1C=CCCBr. The summed E-state index contributed by atoms with van der Waals surface area (Å²) in [7, 11) is 0. The van der Waals surface area contributed by atoms with Crippen molar-refractivity contribution in [1.29, 1.82) is 0 Å². The van der Waals surface area contributed by atoms with Crippen molar-refractivity contribution >= 4 is 37.9 Å². The minimum atomic E-state index is -0.186. The molecule has 0 unspecified atom stereocenters. The van der Waals surface area contributed by atoms with Gasteiger partial charge in [-0.3, -0.25) is 0 Å². The molecular weight excluding hydrogens is 299 g/mol. The van der Waals surface area contributed by atoms with E-state index in [-0.39, 0.29) is 5.82 Å². The van der Waals surface area contributed by atoms with Gasteiger partial charge in [0, 0.05) is 15.4 Å². The van der Waals surface area contributed by atoms with Crippen molar-refractivity contribution in [3.8, 4) is 0 Å². The largest absolute Gasteiger partial charge is 0.206 e. The van der Waals surface area contributed by atoms with Crippen LogP contribution in [0.15, 0.2) is 28.7 Å². The van der Waals surface area contributed by atoms with Gasteiger partial charge in [0.1, 0.15) is 5.82 Å². The number of benzene rings is 1. The summed E-state index contributed by atoms with van der Waals surface area (Å²) in [5, 5.41) is 0.902. The van der Waals surface area contributed by atoms with Crippen LogP contribution in [-0.4, -0.2) is 5.33 Å². The van der Waals surface area contributed by atoms with Gasteiger partial charge in [0.15, 0.2) is 0 Å². The molecule has 0 aliphatic carbocycles. The van der Waals surface area contributed by atoms with Crippen molar-refractivity contribution in [2.45, 2.75) is 6.42 Å². The highest BCUT2D eigenvalue weighted by atomic mass is 79.9. The quantitative estimate of drug-likeness (QED) is 0.727. The van der Waals surface area contributed by atoms with Crippen LogP contribution in [0.1, 0.15) is 12.0 Å². The lowest BCUT2D eigenvalue weighted by molar-refractivity contribution is 0.624. The van der Waals surface area contributed by atoms with Crippen molar-refractivity contribution in [2.75, 3.05) is 5.33 Å². The molecule has 0 fully saturated rings. The van der Waals surface area contributed by atoms with Gasteiger partial charge in [-0.15, -0.1) is 0 Å². The maximum absolute atomic E-state index is 13.1. The predicted octanol–water partition coefficient (Wildman–Crippen LogP) is 4.39. The number of hydrogen-bond donors (Lipinski definition) is 0. The van der Waals surface area contributed by atoms with Crippen LogP contribution in [0.4, 0.5) is 4.39 Å². The van der Waals surface area contributed by atoms with Crippen LogP contribution in [0.5, 0.6) is 0 Å². The summed E-state index contributed by atoms with van der Waals surface area (Å²) >= 11 is 6.60. The second kappa shape index (κ2) is 5.55. The molecule has 0 nitrogen and oxygen atoms in total. The number of alkyl halides is 1. The van der Waals surface area contributed by atoms with E-state index >= 15 is 0 Å². The van der Waals surface area contributed by atoms with E-state index in [4.69, 9.17) is 0 Å². The van der Waals surface area contributed by atoms with Crippen LogP contribution >= 0.6 is 31.9 Å². The molecule has 0 heterocycles. The van der Waals surface area contributed by atoms with Gasteiger partial charge in [-0.05, 0) is 24.6 Å². The highest BCUT2D eigenvalue weighted by Gasteiger charge is 1.97. The van der Waals surface area contributed by atoms with Crippen molar-refractivity contribution in [3.63, 3.8) is 0 Å². The van der Waals surface area contributed by atoms with E-state index in [0.717, 1.165) is 16.2 Å². The Bertz CT molecular complexity index is 308. The van der Waals surface area contributed by atoms with Gasteiger partial charge in [0.2, 0.25) is 0 Å². The van der Waals surface area contributed by atoms with Crippen LogP contribution < -0.4 is 0 Å². The third-order valence-electron chi connectivity index (χ3n) is 1.53. The number of rotatable bonds is 3. The fraction of sp³-hybridized carbons (Fsp3) is 0.200. The molecule has 1 rings (SSSR count). The molecule has 3 heteroatoms. The maximum Gasteiger partial charge on any atom is 0.130 e. The highest BCUT2D eigenvalue weighted by Crippen LogP contribution is 2.16. The zero-order chi connectivity index (χ0) is 9.68. The first-order valence-electron chi connectivity index (χ1n) is 3.91. The van der Waals surface area contributed by atoms with Gasteiger partial charge >= 0.3 is 0 Å². The lowest BCUT2D eigenvalue weighted by Gasteiger charge is -1.97. The molecule has 0 aliphatic rings. The van der Waals surface area contributed by atoms with Gasteiger partial charge in [-0.1, -0.05) is 44.0 Å². The van der Waals surface area contributed by atoms with E-state index in [1.165, 1.54) is 6.07 Å². The second-order valence-electron chi connectivity index (χ2n) is 2.55. The topological polar surface area (TPSA) is 0 Å². The zero-order valence-corrected chi connectivity index (χ0v) is 10.1. The van der Waals surface area contributed by atoms with Crippen LogP contribution in [0.2, 0.25) is 0 Å². The van der Waals surface area contributed by atoms with Crippen LogP contribution in [0.3, 0.4) is 0 Å². The Hall–Kier alpha value is -0.150. The van der Waals surface area contributed by atoms with E-state index in [0.29, 0.717) is 5.56 Å². The first-order valence-corrected chi connectivity index (χ1v) is 5.83. The highest BCUT2D eigenvalue weighted by molar-refractivity contribution is 9.10. The average molecular weight is 308 g/mol. The van der Waals surface area contributed by atoms with Gasteiger partial charge in [-0.2, -0.15) is 0 Å². The van der Waals surface area contributed by atoms with E-state index in [9.17, 15) is 4.39 Å². The summed E-state index contributed by atoms with van der Waals surface area (Å²) in [6.45, 7) is 0. The lowest BCUT2D eigenvalue weighted by atomic mass is 10.2. The fourth-order valence-electron chi connectivity index (χ4n) is 0.916. The lowest BCUT2D eigenvalue weighted by Crippen LogP contribution is -1.81. The minimum Gasteiger partial charge on any atom is -0.206 e. The Morgan fingerprint density at radius 2 is 2.15 bits per heavy atom. The monoisotopic (exact) mass is 306 g/mol. The average Bonchev–Trinajstić information content (AvgIpc) is 2.11. The van der Waals surface area contributed by atoms with E-state index in [1.54, 1.807) is 18.2 Å². The minimum absolute atomic E-state index is 0.186. The Labute approximate surface area is 94.1 Å². The molecule has 70 valence electrons. The third-order valence-corrected chi connectivity index (χ3v) is 2.48. The van der Waals surface area contributed by atoms with Crippen molar-refractivity contribution in [1.82, 2.24) is 0 Å². The predicted molar refractivity (Wildman–Crippen MR) is 61.5 cm³/mol. The molecule has 13 heavy (non-hydrogen) atoms. The standard InChI is InChI=1S/C10H9Br2F/c11-6-2-1-3-8-7-9(12)4-5-10(8)13/h1,3-5,7H,2,6H2. The molecule has 0 saturated heterocycles. The van der Waals surface area contributed by atoms with Crippen molar-refractivity contribution in [2.24, 2.45) is 0 Å². The summed E-state index contributed by atoms with van der Waals surface area (Å²) in [5.74, 6) is -0.186. The molecule has 0 aliphatic heterocycles. The first-order chi connectivity index (χ1) is 6.24. The molecule has 0 N–H and O–H groups in total. The third kappa shape index (κ3) is 3.61. The Kier molecular flexibility index (Phi) is 4.67. The van der Waals surface area contributed by atoms with Crippen molar-refractivity contribution in [3.05, 3.63) is 40.1 Å². The zero-order valence-electron chi connectivity index (χ0n) is 6.93. The molecule has 0 bridgehead atoms. The molecule has 0 spiro atoms. The summed E-state index contributed by atoms with van der Waals surface area (Å²) in [4.78, 5) is 0.